The van der Waals surface area contributed by atoms with Crippen molar-refractivity contribution in [1.29, 1.82) is 0 Å². The Morgan fingerprint density at radius 3 is 2.35 bits per heavy atom. The van der Waals surface area contributed by atoms with Crippen LogP contribution >= 0.6 is 0 Å². The highest BCUT2D eigenvalue weighted by atomic mass is 15.3. The molecule has 0 aliphatic carbocycles. The molecule has 1 aromatic heterocycles. The Morgan fingerprint density at radius 1 is 1.06 bits per heavy atom. The van der Waals surface area contributed by atoms with Gasteiger partial charge in [0.1, 0.15) is 12.2 Å². The van der Waals surface area contributed by atoms with Crippen LogP contribution in [0, 0.1) is 0 Å². The van der Waals surface area contributed by atoms with Crippen LogP contribution in [0.2, 0.25) is 0 Å². The number of hydrogen-bond acceptors (Lipinski definition) is 3. The normalized spacial score (nSPS) is 10.9. The summed E-state index contributed by atoms with van der Waals surface area (Å²) in [6.45, 7) is 3.70. The van der Waals surface area contributed by atoms with Crippen LogP contribution in [-0.4, -0.2) is 14.8 Å². The van der Waals surface area contributed by atoms with Gasteiger partial charge in [0.05, 0.1) is 6.54 Å². The van der Waals surface area contributed by atoms with Crippen LogP contribution in [0.1, 0.15) is 64.1 Å². The first-order valence-electron chi connectivity index (χ1n) is 6.95. The van der Waals surface area contributed by atoms with Crippen molar-refractivity contribution in [2.75, 3.05) is 0 Å². The Morgan fingerprint density at radius 2 is 1.71 bits per heavy atom. The average molecular weight is 238 g/mol. The van der Waals surface area contributed by atoms with Gasteiger partial charge < -0.3 is 5.73 Å². The van der Waals surface area contributed by atoms with Crippen molar-refractivity contribution in [3.63, 3.8) is 0 Å². The third kappa shape index (κ3) is 5.82. The van der Waals surface area contributed by atoms with Crippen LogP contribution in [-0.2, 0) is 13.1 Å². The summed E-state index contributed by atoms with van der Waals surface area (Å²) in [4.78, 5) is 4.11. The molecular formula is C13H26N4. The lowest BCUT2D eigenvalue weighted by molar-refractivity contribution is 0.506. The molecule has 1 heterocycles. The molecule has 4 heteroatoms. The number of hydrogen-bond donors (Lipinski definition) is 1. The summed E-state index contributed by atoms with van der Waals surface area (Å²) >= 11 is 0. The number of rotatable bonds is 10. The highest BCUT2D eigenvalue weighted by Crippen LogP contribution is 2.09. The molecule has 2 N–H and O–H groups in total. The van der Waals surface area contributed by atoms with Gasteiger partial charge in [-0.15, -0.1) is 0 Å². The highest BCUT2D eigenvalue weighted by Gasteiger charge is 2.00. The Kier molecular flexibility index (Phi) is 7.63. The molecule has 0 saturated carbocycles. The SMILES string of the molecule is CCCCCCCCCCn1ncnc1CN. The second kappa shape index (κ2) is 9.16. The molecule has 0 aromatic carbocycles. The van der Waals surface area contributed by atoms with E-state index in [0.717, 1.165) is 12.4 Å². The zero-order valence-corrected chi connectivity index (χ0v) is 11.1. The minimum atomic E-state index is 0.483. The van der Waals surface area contributed by atoms with Crippen LogP contribution < -0.4 is 5.73 Å². The molecule has 1 aromatic rings. The second-order valence-electron chi connectivity index (χ2n) is 4.58. The van der Waals surface area contributed by atoms with Crippen molar-refractivity contribution in [3.05, 3.63) is 12.2 Å². The molecule has 0 fully saturated rings. The van der Waals surface area contributed by atoms with Gasteiger partial charge in [-0.1, -0.05) is 51.9 Å². The Bertz CT molecular complexity index is 283. The van der Waals surface area contributed by atoms with Gasteiger partial charge >= 0.3 is 0 Å². The van der Waals surface area contributed by atoms with E-state index in [-0.39, 0.29) is 0 Å². The lowest BCUT2D eigenvalue weighted by atomic mass is 10.1. The fourth-order valence-corrected chi connectivity index (χ4v) is 2.03. The number of nitrogens with two attached hydrogens (primary N) is 1. The molecule has 0 spiro atoms. The second-order valence-corrected chi connectivity index (χ2v) is 4.58. The fourth-order valence-electron chi connectivity index (χ4n) is 2.03. The van der Waals surface area contributed by atoms with Crippen molar-refractivity contribution in [1.82, 2.24) is 14.8 Å². The van der Waals surface area contributed by atoms with E-state index in [9.17, 15) is 0 Å². The maximum Gasteiger partial charge on any atom is 0.140 e. The molecule has 1 rings (SSSR count). The molecule has 0 aliphatic heterocycles. The lowest BCUT2D eigenvalue weighted by Gasteiger charge is -2.04. The van der Waals surface area contributed by atoms with Crippen molar-refractivity contribution in [2.24, 2.45) is 5.73 Å². The van der Waals surface area contributed by atoms with E-state index in [1.165, 1.54) is 51.4 Å². The first-order chi connectivity index (χ1) is 8.38. The maximum atomic E-state index is 5.57. The first kappa shape index (κ1) is 14.2. The molecule has 98 valence electrons. The number of aromatic nitrogens is 3. The van der Waals surface area contributed by atoms with Gasteiger partial charge in [-0.2, -0.15) is 5.10 Å². The van der Waals surface area contributed by atoms with Crippen molar-refractivity contribution < 1.29 is 0 Å². The summed E-state index contributed by atoms with van der Waals surface area (Å²) in [6, 6.07) is 0. The van der Waals surface area contributed by atoms with E-state index in [1.807, 2.05) is 4.68 Å². The molecular weight excluding hydrogens is 212 g/mol. The standard InChI is InChI=1S/C13H26N4/c1-2-3-4-5-6-7-8-9-10-17-13(11-14)15-12-16-17/h12H,2-11,14H2,1H3. The van der Waals surface area contributed by atoms with Gasteiger partial charge in [-0.05, 0) is 6.42 Å². The minimum absolute atomic E-state index is 0.483. The van der Waals surface area contributed by atoms with Gasteiger partial charge in [0.2, 0.25) is 0 Å². The molecule has 0 saturated heterocycles. The van der Waals surface area contributed by atoms with Crippen LogP contribution in [0.25, 0.3) is 0 Å². The number of aryl methyl sites for hydroxylation is 1. The smallest absolute Gasteiger partial charge is 0.140 e. The van der Waals surface area contributed by atoms with Gasteiger partial charge in [0, 0.05) is 6.54 Å². The third-order valence-corrected chi connectivity index (χ3v) is 3.10. The van der Waals surface area contributed by atoms with Crippen LogP contribution in [0.15, 0.2) is 6.33 Å². The van der Waals surface area contributed by atoms with E-state index >= 15 is 0 Å². The van der Waals surface area contributed by atoms with Crippen LogP contribution in [0.5, 0.6) is 0 Å². The molecule has 0 unspecified atom stereocenters. The first-order valence-corrected chi connectivity index (χ1v) is 6.95. The third-order valence-electron chi connectivity index (χ3n) is 3.10. The Balaban J connectivity index is 1.97. The zero-order chi connectivity index (χ0) is 12.3. The highest BCUT2D eigenvalue weighted by molar-refractivity contribution is 4.81. The summed E-state index contributed by atoms with van der Waals surface area (Å²) in [6.07, 6.45) is 12.3. The molecule has 0 amide bonds. The van der Waals surface area contributed by atoms with E-state index in [2.05, 4.69) is 17.0 Å². The van der Waals surface area contributed by atoms with E-state index in [0.29, 0.717) is 6.54 Å². The van der Waals surface area contributed by atoms with Crippen molar-refractivity contribution in [3.8, 4) is 0 Å². The number of unbranched alkanes of at least 4 members (excludes halogenated alkanes) is 7. The van der Waals surface area contributed by atoms with Crippen LogP contribution in [0.3, 0.4) is 0 Å². The molecule has 0 radical (unpaired) electrons. The summed E-state index contributed by atoms with van der Waals surface area (Å²) < 4.78 is 1.93. The topological polar surface area (TPSA) is 56.7 Å². The summed E-state index contributed by atoms with van der Waals surface area (Å²) in [5.74, 6) is 0.896. The van der Waals surface area contributed by atoms with Crippen LogP contribution in [0.4, 0.5) is 0 Å². The average Bonchev–Trinajstić information content (AvgIpc) is 2.80. The van der Waals surface area contributed by atoms with Crippen molar-refractivity contribution >= 4 is 0 Å². The zero-order valence-electron chi connectivity index (χ0n) is 11.1. The number of nitrogens with zero attached hydrogens (tertiary/aromatic N) is 3. The van der Waals surface area contributed by atoms with Gasteiger partial charge in [0.15, 0.2) is 0 Å². The van der Waals surface area contributed by atoms with E-state index in [1.54, 1.807) is 6.33 Å². The molecule has 4 nitrogen and oxygen atoms in total. The fraction of sp³-hybridized carbons (Fsp3) is 0.846. The van der Waals surface area contributed by atoms with E-state index in [4.69, 9.17) is 5.73 Å². The molecule has 0 bridgehead atoms. The summed E-state index contributed by atoms with van der Waals surface area (Å²) in [7, 11) is 0. The predicted molar refractivity (Wildman–Crippen MR) is 70.5 cm³/mol. The quantitative estimate of drug-likeness (QED) is 0.638. The predicted octanol–water partition coefficient (Wildman–Crippen LogP) is 2.88. The molecule has 0 aliphatic rings. The minimum Gasteiger partial charge on any atom is -0.324 e. The van der Waals surface area contributed by atoms with Gasteiger partial charge in [-0.25, -0.2) is 9.67 Å². The van der Waals surface area contributed by atoms with Gasteiger partial charge in [-0.3, -0.25) is 0 Å². The Hall–Kier alpha value is -0.900. The lowest BCUT2D eigenvalue weighted by Crippen LogP contribution is -2.10. The summed E-state index contributed by atoms with van der Waals surface area (Å²) in [5, 5.41) is 4.17. The largest absolute Gasteiger partial charge is 0.324 e. The van der Waals surface area contributed by atoms with Crippen molar-refractivity contribution in [2.45, 2.75) is 71.4 Å². The van der Waals surface area contributed by atoms with Gasteiger partial charge in [0.25, 0.3) is 0 Å². The van der Waals surface area contributed by atoms with E-state index < -0.39 is 0 Å². The monoisotopic (exact) mass is 238 g/mol. The summed E-state index contributed by atoms with van der Waals surface area (Å²) in [5.41, 5.74) is 5.57. The molecule has 0 atom stereocenters. The Labute approximate surface area is 105 Å². The molecule has 17 heavy (non-hydrogen) atoms. The maximum absolute atomic E-state index is 5.57.